The average molecular weight is 450 g/mol. The summed E-state index contributed by atoms with van der Waals surface area (Å²) in [6.07, 6.45) is 0. The topological polar surface area (TPSA) is 83.6 Å². The van der Waals surface area contributed by atoms with Crippen LogP contribution in [0.3, 0.4) is 0 Å². The van der Waals surface area contributed by atoms with E-state index < -0.39 is 16.9 Å². The number of carbonyl (C=O) groups excluding carboxylic acids is 1. The van der Waals surface area contributed by atoms with Gasteiger partial charge in [0.15, 0.2) is 22.6 Å². The molecular formula is C18H13F2N5OS3. The molecule has 0 spiro atoms. The highest BCUT2D eigenvalue weighted by Crippen LogP contribution is 2.28. The lowest BCUT2D eigenvalue weighted by atomic mass is 10.2. The SMILES string of the molecule is CC(Sc1n[nH]c(-c2cccs2)n1)C(=O)Nc1nc(-c2ccc(F)c(F)c2)cs1. The number of aromatic nitrogens is 4. The van der Waals surface area contributed by atoms with Crippen molar-refractivity contribution in [3.8, 4) is 22.0 Å². The summed E-state index contributed by atoms with van der Waals surface area (Å²) in [5.41, 5.74) is 0.893. The van der Waals surface area contributed by atoms with Crippen LogP contribution < -0.4 is 5.32 Å². The first-order chi connectivity index (χ1) is 14.0. The molecule has 0 saturated heterocycles. The minimum Gasteiger partial charge on any atom is -0.301 e. The highest BCUT2D eigenvalue weighted by Gasteiger charge is 2.19. The van der Waals surface area contributed by atoms with E-state index in [1.165, 1.54) is 29.2 Å². The Bertz CT molecular complexity index is 1140. The fraction of sp³-hybridized carbons (Fsp3) is 0.111. The maximum Gasteiger partial charge on any atom is 0.239 e. The minimum atomic E-state index is -0.945. The van der Waals surface area contributed by atoms with Crippen LogP contribution in [0.25, 0.3) is 22.0 Å². The van der Waals surface area contributed by atoms with E-state index in [9.17, 15) is 13.6 Å². The standard InChI is InChI=1S/C18H13F2N5OS3/c1-9(29-18-22-15(24-25-18)14-3-2-6-27-14)16(26)23-17-21-13(8-28-17)10-4-5-11(19)12(20)7-10/h2-9H,1H3,(H,21,23,26)(H,22,24,25). The number of carbonyl (C=O) groups is 1. The highest BCUT2D eigenvalue weighted by molar-refractivity contribution is 8.00. The molecule has 1 atom stereocenters. The van der Waals surface area contributed by atoms with Gasteiger partial charge in [-0.05, 0) is 36.6 Å². The number of halogens is 2. The summed E-state index contributed by atoms with van der Waals surface area (Å²) in [4.78, 5) is 22.1. The minimum absolute atomic E-state index is 0.260. The number of anilines is 1. The van der Waals surface area contributed by atoms with Crippen LogP contribution >= 0.6 is 34.4 Å². The zero-order valence-corrected chi connectivity index (χ0v) is 17.3. The van der Waals surface area contributed by atoms with E-state index in [1.807, 2.05) is 17.5 Å². The van der Waals surface area contributed by atoms with Gasteiger partial charge in [-0.25, -0.2) is 18.7 Å². The van der Waals surface area contributed by atoms with Crippen LogP contribution in [0, 0.1) is 11.6 Å². The van der Waals surface area contributed by atoms with Crippen LogP contribution in [0.5, 0.6) is 0 Å². The third-order valence-electron chi connectivity index (χ3n) is 3.82. The van der Waals surface area contributed by atoms with Crippen molar-refractivity contribution in [3.63, 3.8) is 0 Å². The molecule has 4 rings (SSSR count). The van der Waals surface area contributed by atoms with E-state index in [-0.39, 0.29) is 5.91 Å². The van der Waals surface area contributed by atoms with Gasteiger partial charge in [0, 0.05) is 10.9 Å². The Morgan fingerprint density at radius 2 is 2.07 bits per heavy atom. The number of amides is 1. The van der Waals surface area contributed by atoms with E-state index in [2.05, 4.69) is 25.5 Å². The number of rotatable bonds is 6. The average Bonchev–Trinajstić information content (AvgIpc) is 3.45. The van der Waals surface area contributed by atoms with Gasteiger partial charge < -0.3 is 5.32 Å². The molecule has 1 amide bonds. The van der Waals surface area contributed by atoms with Gasteiger partial charge >= 0.3 is 0 Å². The van der Waals surface area contributed by atoms with Gasteiger partial charge in [0.1, 0.15) is 0 Å². The zero-order chi connectivity index (χ0) is 20.4. The second-order valence-corrected chi connectivity index (χ2v) is 8.97. The van der Waals surface area contributed by atoms with Crippen molar-refractivity contribution < 1.29 is 13.6 Å². The van der Waals surface area contributed by atoms with Crippen molar-refractivity contribution in [2.24, 2.45) is 0 Å². The smallest absolute Gasteiger partial charge is 0.239 e. The van der Waals surface area contributed by atoms with Crippen LogP contribution in [0.4, 0.5) is 13.9 Å². The first kappa shape index (κ1) is 19.7. The van der Waals surface area contributed by atoms with E-state index >= 15 is 0 Å². The van der Waals surface area contributed by atoms with E-state index in [0.717, 1.165) is 17.0 Å². The van der Waals surface area contributed by atoms with Crippen molar-refractivity contribution in [1.29, 1.82) is 0 Å². The number of benzene rings is 1. The van der Waals surface area contributed by atoms with Gasteiger partial charge in [0.05, 0.1) is 15.8 Å². The Kier molecular flexibility index (Phi) is 5.69. The number of hydrogen-bond donors (Lipinski definition) is 2. The zero-order valence-electron chi connectivity index (χ0n) is 14.8. The lowest BCUT2D eigenvalue weighted by Crippen LogP contribution is -2.22. The summed E-state index contributed by atoms with van der Waals surface area (Å²) < 4.78 is 26.5. The lowest BCUT2D eigenvalue weighted by Gasteiger charge is -2.07. The number of aromatic amines is 1. The molecule has 0 bridgehead atoms. The Morgan fingerprint density at radius 3 is 2.83 bits per heavy atom. The summed E-state index contributed by atoms with van der Waals surface area (Å²) in [5.74, 6) is -1.47. The molecule has 148 valence electrons. The molecule has 6 nitrogen and oxygen atoms in total. The molecular weight excluding hydrogens is 436 g/mol. The number of nitrogens with zero attached hydrogens (tertiary/aromatic N) is 3. The van der Waals surface area contributed by atoms with Crippen molar-refractivity contribution >= 4 is 45.5 Å². The monoisotopic (exact) mass is 449 g/mol. The van der Waals surface area contributed by atoms with Crippen molar-refractivity contribution in [2.75, 3.05) is 5.32 Å². The molecule has 29 heavy (non-hydrogen) atoms. The number of thiazole rings is 1. The molecule has 4 aromatic rings. The number of nitrogens with one attached hydrogen (secondary N) is 2. The van der Waals surface area contributed by atoms with Crippen molar-refractivity contribution in [1.82, 2.24) is 20.2 Å². The predicted molar refractivity (Wildman–Crippen MR) is 111 cm³/mol. The maximum atomic E-state index is 13.4. The molecule has 0 radical (unpaired) electrons. The first-order valence-electron chi connectivity index (χ1n) is 8.34. The van der Waals surface area contributed by atoms with Crippen LogP contribution in [0.2, 0.25) is 0 Å². The number of thioether (sulfide) groups is 1. The molecule has 0 aliphatic rings. The molecule has 0 saturated carbocycles. The van der Waals surface area contributed by atoms with Gasteiger partial charge in [0.2, 0.25) is 11.1 Å². The van der Waals surface area contributed by atoms with Crippen LogP contribution in [-0.2, 0) is 4.79 Å². The molecule has 11 heteroatoms. The summed E-state index contributed by atoms with van der Waals surface area (Å²) in [6.45, 7) is 1.74. The second kappa shape index (κ2) is 8.39. The Morgan fingerprint density at radius 1 is 1.21 bits per heavy atom. The van der Waals surface area contributed by atoms with Crippen LogP contribution in [0.1, 0.15) is 6.92 Å². The normalized spacial score (nSPS) is 12.1. The number of hydrogen-bond acceptors (Lipinski definition) is 7. The second-order valence-electron chi connectivity index (χ2n) is 5.86. The fourth-order valence-electron chi connectivity index (χ4n) is 2.36. The summed E-state index contributed by atoms with van der Waals surface area (Å²) in [5, 5.41) is 13.7. The molecule has 1 unspecified atom stereocenters. The molecule has 0 aliphatic carbocycles. The number of thiophene rings is 1. The van der Waals surface area contributed by atoms with Gasteiger partial charge in [-0.1, -0.05) is 17.8 Å². The van der Waals surface area contributed by atoms with Gasteiger partial charge in [0.25, 0.3) is 0 Å². The molecule has 1 aromatic carbocycles. The van der Waals surface area contributed by atoms with E-state index in [0.29, 0.717) is 27.4 Å². The van der Waals surface area contributed by atoms with E-state index in [1.54, 1.807) is 23.6 Å². The Labute approximate surface area is 176 Å². The van der Waals surface area contributed by atoms with Gasteiger partial charge in [-0.2, -0.15) is 0 Å². The van der Waals surface area contributed by atoms with Gasteiger partial charge in [-0.15, -0.1) is 27.8 Å². The van der Waals surface area contributed by atoms with E-state index in [4.69, 9.17) is 0 Å². The van der Waals surface area contributed by atoms with Crippen LogP contribution in [0.15, 0.2) is 46.2 Å². The maximum absolute atomic E-state index is 13.4. The third-order valence-corrected chi connectivity index (χ3v) is 6.42. The lowest BCUT2D eigenvalue weighted by molar-refractivity contribution is -0.115. The quantitative estimate of drug-likeness (QED) is 0.402. The Balaban J connectivity index is 1.39. The number of H-pyrrole nitrogens is 1. The Hall–Kier alpha value is -2.63. The van der Waals surface area contributed by atoms with Crippen LogP contribution in [-0.4, -0.2) is 31.3 Å². The molecule has 2 N–H and O–H groups in total. The predicted octanol–water partition coefficient (Wildman–Crippen LogP) is 5.05. The fourth-order valence-corrected chi connectivity index (χ4v) is 4.47. The largest absolute Gasteiger partial charge is 0.301 e. The molecule has 0 fully saturated rings. The highest BCUT2D eigenvalue weighted by atomic mass is 32.2. The first-order valence-corrected chi connectivity index (χ1v) is 11.0. The van der Waals surface area contributed by atoms with Crippen molar-refractivity contribution in [2.45, 2.75) is 17.3 Å². The molecule has 0 aliphatic heterocycles. The summed E-state index contributed by atoms with van der Waals surface area (Å²) in [6, 6.07) is 7.41. The third kappa shape index (κ3) is 4.52. The molecule has 3 aromatic heterocycles. The van der Waals surface area contributed by atoms with Crippen molar-refractivity contribution in [3.05, 3.63) is 52.7 Å². The summed E-state index contributed by atoms with van der Waals surface area (Å²) >= 11 is 3.97. The van der Waals surface area contributed by atoms with Gasteiger partial charge in [-0.3, -0.25) is 9.89 Å². The summed E-state index contributed by atoms with van der Waals surface area (Å²) in [7, 11) is 0. The molecule has 3 heterocycles.